The Hall–Kier alpha value is -1.07. The van der Waals surface area contributed by atoms with Crippen molar-refractivity contribution in [1.29, 1.82) is 0 Å². The number of benzene rings is 1. The third-order valence-corrected chi connectivity index (χ3v) is 4.89. The van der Waals surface area contributed by atoms with E-state index in [1.54, 1.807) is 12.1 Å². The highest BCUT2D eigenvalue weighted by atomic mass is 32.2. The van der Waals surface area contributed by atoms with Crippen molar-refractivity contribution in [3.05, 3.63) is 23.8 Å². The van der Waals surface area contributed by atoms with Crippen molar-refractivity contribution < 1.29 is 8.42 Å². The standard InChI is InChI=1S/C13H20N2O2S/c1-9-3-6-12(8-13(9)14)18(16,17)15-10(2)7-11-4-5-11/h3,6,8,10-11,15H,4-5,7,14H2,1-2H3. The zero-order valence-electron chi connectivity index (χ0n) is 10.8. The van der Waals surface area contributed by atoms with E-state index in [0.29, 0.717) is 11.6 Å². The molecule has 1 atom stereocenters. The van der Waals surface area contributed by atoms with Crippen LogP contribution in [0.5, 0.6) is 0 Å². The fourth-order valence-corrected chi connectivity index (χ4v) is 3.31. The summed E-state index contributed by atoms with van der Waals surface area (Å²) in [5, 5.41) is 0. The molecule has 0 spiro atoms. The predicted molar refractivity (Wildman–Crippen MR) is 72.7 cm³/mol. The Morgan fingerprint density at radius 2 is 2.11 bits per heavy atom. The molecule has 1 aliphatic rings. The molecule has 1 saturated carbocycles. The Morgan fingerprint density at radius 1 is 1.44 bits per heavy atom. The van der Waals surface area contributed by atoms with E-state index in [-0.39, 0.29) is 10.9 Å². The minimum atomic E-state index is -3.45. The molecule has 5 heteroatoms. The van der Waals surface area contributed by atoms with Crippen molar-refractivity contribution in [1.82, 2.24) is 4.72 Å². The Balaban J connectivity index is 2.11. The lowest BCUT2D eigenvalue weighted by Crippen LogP contribution is -2.33. The van der Waals surface area contributed by atoms with E-state index in [1.165, 1.54) is 18.9 Å². The lowest BCUT2D eigenvalue weighted by atomic mass is 10.2. The summed E-state index contributed by atoms with van der Waals surface area (Å²) < 4.78 is 27.0. The average molecular weight is 268 g/mol. The van der Waals surface area contributed by atoms with Crippen LogP contribution in [-0.4, -0.2) is 14.5 Å². The topological polar surface area (TPSA) is 72.2 Å². The van der Waals surface area contributed by atoms with Crippen LogP contribution < -0.4 is 10.5 Å². The molecule has 0 bridgehead atoms. The van der Waals surface area contributed by atoms with Crippen molar-refractivity contribution in [2.24, 2.45) is 5.92 Å². The quantitative estimate of drug-likeness (QED) is 0.803. The second kappa shape index (κ2) is 4.90. The first-order valence-electron chi connectivity index (χ1n) is 6.27. The summed E-state index contributed by atoms with van der Waals surface area (Å²) in [5.74, 6) is 0.700. The summed E-state index contributed by atoms with van der Waals surface area (Å²) in [7, 11) is -3.45. The lowest BCUT2D eigenvalue weighted by Gasteiger charge is -2.14. The van der Waals surface area contributed by atoms with Crippen LogP contribution in [-0.2, 0) is 10.0 Å². The van der Waals surface area contributed by atoms with Gasteiger partial charge in [-0.05, 0) is 43.9 Å². The van der Waals surface area contributed by atoms with E-state index in [0.717, 1.165) is 12.0 Å². The van der Waals surface area contributed by atoms with Gasteiger partial charge in [0.2, 0.25) is 10.0 Å². The largest absolute Gasteiger partial charge is 0.398 e. The average Bonchev–Trinajstić information content (AvgIpc) is 3.04. The van der Waals surface area contributed by atoms with E-state index in [2.05, 4.69) is 4.72 Å². The molecule has 0 aromatic heterocycles. The molecular weight excluding hydrogens is 248 g/mol. The van der Waals surface area contributed by atoms with E-state index >= 15 is 0 Å². The maximum Gasteiger partial charge on any atom is 0.240 e. The highest BCUT2D eigenvalue weighted by Gasteiger charge is 2.26. The molecule has 0 saturated heterocycles. The molecule has 18 heavy (non-hydrogen) atoms. The third-order valence-electron chi connectivity index (χ3n) is 3.30. The van der Waals surface area contributed by atoms with Crippen molar-refractivity contribution in [3.8, 4) is 0 Å². The first kappa shape index (κ1) is 13.4. The summed E-state index contributed by atoms with van der Waals surface area (Å²) in [6, 6.07) is 4.82. The van der Waals surface area contributed by atoms with Crippen LogP contribution in [0.3, 0.4) is 0 Å². The van der Waals surface area contributed by atoms with E-state index in [9.17, 15) is 8.42 Å². The Morgan fingerprint density at radius 3 is 2.67 bits per heavy atom. The normalized spacial score (nSPS) is 17.7. The van der Waals surface area contributed by atoms with Gasteiger partial charge < -0.3 is 5.73 Å². The highest BCUT2D eigenvalue weighted by molar-refractivity contribution is 7.89. The molecular formula is C13H20N2O2S. The number of nitrogen functional groups attached to an aromatic ring is 1. The van der Waals surface area contributed by atoms with Gasteiger partial charge in [-0.25, -0.2) is 13.1 Å². The van der Waals surface area contributed by atoms with Gasteiger partial charge in [0, 0.05) is 11.7 Å². The fraction of sp³-hybridized carbons (Fsp3) is 0.538. The maximum absolute atomic E-state index is 12.1. The van der Waals surface area contributed by atoms with Crippen LogP contribution in [0.4, 0.5) is 5.69 Å². The van der Waals surface area contributed by atoms with Crippen LogP contribution >= 0.6 is 0 Å². The minimum Gasteiger partial charge on any atom is -0.398 e. The first-order valence-corrected chi connectivity index (χ1v) is 7.75. The SMILES string of the molecule is Cc1ccc(S(=O)(=O)NC(C)CC2CC2)cc1N. The molecule has 4 nitrogen and oxygen atoms in total. The van der Waals surface area contributed by atoms with Gasteiger partial charge in [0.05, 0.1) is 4.90 Å². The van der Waals surface area contributed by atoms with Crippen molar-refractivity contribution >= 4 is 15.7 Å². The molecule has 0 radical (unpaired) electrons. The monoisotopic (exact) mass is 268 g/mol. The van der Waals surface area contributed by atoms with E-state index in [4.69, 9.17) is 5.73 Å². The van der Waals surface area contributed by atoms with Crippen LogP contribution in [0.2, 0.25) is 0 Å². The van der Waals surface area contributed by atoms with Crippen LogP contribution in [0, 0.1) is 12.8 Å². The number of nitrogens with one attached hydrogen (secondary N) is 1. The molecule has 100 valence electrons. The smallest absolute Gasteiger partial charge is 0.240 e. The van der Waals surface area contributed by atoms with Gasteiger partial charge in [0.1, 0.15) is 0 Å². The molecule has 0 amide bonds. The van der Waals surface area contributed by atoms with Crippen molar-refractivity contribution in [2.45, 2.75) is 44.0 Å². The zero-order chi connectivity index (χ0) is 13.3. The van der Waals surface area contributed by atoms with E-state index < -0.39 is 10.0 Å². The van der Waals surface area contributed by atoms with Crippen molar-refractivity contribution in [3.63, 3.8) is 0 Å². The minimum absolute atomic E-state index is 0.0231. The second-order valence-electron chi connectivity index (χ2n) is 5.22. The van der Waals surface area contributed by atoms with E-state index in [1.807, 2.05) is 13.8 Å². The number of rotatable bonds is 5. The molecule has 0 heterocycles. The molecule has 3 N–H and O–H groups in total. The molecule has 1 aromatic carbocycles. The summed E-state index contributed by atoms with van der Waals surface area (Å²) in [6.07, 6.45) is 3.37. The summed E-state index contributed by atoms with van der Waals surface area (Å²) in [5.41, 5.74) is 7.14. The third kappa shape index (κ3) is 3.23. The van der Waals surface area contributed by atoms with Crippen LogP contribution in [0.1, 0.15) is 31.7 Å². The Kier molecular flexibility index (Phi) is 3.64. The van der Waals surface area contributed by atoms with Gasteiger partial charge in [-0.2, -0.15) is 0 Å². The summed E-state index contributed by atoms with van der Waals surface area (Å²) >= 11 is 0. The molecule has 0 aliphatic heterocycles. The number of hydrogen-bond donors (Lipinski definition) is 2. The number of nitrogens with two attached hydrogens (primary N) is 1. The lowest BCUT2D eigenvalue weighted by molar-refractivity contribution is 0.530. The van der Waals surface area contributed by atoms with Gasteiger partial charge in [-0.3, -0.25) is 0 Å². The Bertz CT molecular complexity index is 536. The van der Waals surface area contributed by atoms with Gasteiger partial charge >= 0.3 is 0 Å². The predicted octanol–water partition coefficient (Wildman–Crippen LogP) is 2.04. The molecule has 1 aromatic rings. The molecule has 2 rings (SSSR count). The highest BCUT2D eigenvalue weighted by Crippen LogP contribution is 2.33. The fourth-order valence-electron chi connectivity index (χ4n) is 2.02. The van der Waals surface area contributed by atoms with Crippen LogP contribution in [0.25, 0.3) is 0 Å². The number of aryl methyl sites for hydroxylation is 1. The number of anilines is 1. The van der Waals surface area contributed by atoms with Crippen molar-refractivity contribution in [2.75, 3.05) is 5.73 Å². The maximum atomic E-state index is 12.1. The summed E-state index contributed by atoms with van der Waals surface area (Å²) in [6.45, 7) is 3.77. The van der Waals surface area contributed by atoms with Gasteiger partial charge in [-0.1, -0.05) is 18.9 Å². The Labute approximate surface area is 109 Å². The van der Waals surface area contributed by atoms with Gasteiger partial charge in [0.15, 0.2) is 0 Å². The number of hydrogen-bond acceptors (Lipinski definition) is 3. The van der Waals surface area contributed by atoms with Gasteiger partial charge in [0.25, 0.3) is 0 Å². The molecule has 1 fully saturated rings. The molecule has 1 aliphatic carbocycles. The summed E-state index contributed by atoms with van der Waals surface area (Å²) in [4.78, 5) is 0.244. The molecule has 1 unspecified atom stereocenters. The second-order valence-corrected chi connectivity index (χ2v) is 6.93. The zero-order valence-corrected chi connectivity index (χ0v) is 11.6. The first-order chi connectivity index (χ1) is 8.38. The number of sulfonamides is 1. The van der Waals surface area contributed by atoms with Gasteiger partial charge in [-0.15, -0.1) is 0 Å². The van der Waals surface area contributed by atoms with Crippen LogP contribution in [0.15, 0.2) is 23.1 Å².